The number of amides is 1. The summed E-state index contributed by atoms with van der Waals surface area (Å²) in [6, 6.07) is 2.06. The van der Waals surface area contributed by atoms with E-state index in [4.69, 9.17) is 0 Å². The molecule has 134 valence electrons. The van der Waals surface area contributed by atoms with Crippen LogP contribution >= 0.6 is 0 Å². The highest BCUT2D eigenvalue weighted by Crippen LogP contribution is 2.29. The van der Waals surface area contributed by atoms with Gasteiger partial charge in [0.2, 0.25) is 5.91 Å². The average Bonchev–Trinajstić information content (AvgIpc) is 2.86. The molecule has 0 bridgehead atoms. The molecule has 0 spiro atoms. The number of nitrogens with zero attached hydrogens (tertiary/aromatic N) is 5. The van der Waals surface area contributed by atoms with Crippen LogP contribution in [-0.4, -0.2) is 51.4 Å². The molecule has 6 nitrogen and oxygen atoms in total. The molecule has 0 radical (unpaired) electrons. The molecule has 3 heterocycles. The van der Waals surface area contributed by atoms with Crippen molar-refractivity contribution in [3.8, 4) is 0 Å². The van der Waals surface area contributed by atoms with Gasteiger partial charge in [0.1, 0.15) is 12.1 Å². The number of aromatic nitrogens is 3. The summed E-state index contributed by atoms with van der Waals surface area (Å²) in [5.74, 6) is 1.43. The number of hydrogen-bond acceptors (Lipinski definition) is 5. The minimum Gasteiger partial charge on any atom is -0.359 e. The maximum absolute atomic E-state index is 12.3. The van der Waals surface area contributed by atoms with Gasteiger partial charge >= 0.3 is 0 Å². The monoisotopic (exact) mass is 341 g/mol. The zero-order chi connectivity index (χ0) is 18.4. The number of carbonyl (C=O) groups is 1. The van der Waals surface area contributed by atoms with Gasteiger partial charge in [0.25, 0.3) is 0 Å². The summed E-state index contributed by atoms with van der Waals surface area (Å²) in [6.07, 6.45) is 2.17. The van der Waals surface area contributed by atoms with Crippen molar-refractivity contribution in [2.75, 3.05) is 25.0 Å². The van der Waals surface area contributed by atoms with Crippen molar-refractivity contribution in [2.24, 2.45) is 5.92 Å². The largest absolute Gasteiger partial charge is 0.359 e. The summed E-state index contributed by atoms with van der Waals surface area (Å²) in [6.45, 7) is 11.9. The van der Waals surface area contributed by atoms with Gasteiger partial charge in [0.15, 0.2) is 5.65 Å². The molecule has 1 saturated heterocycles. The molecule has 2 aromatic rings. The number of pyridine rings is 1. The first kappa shape index (κ1) is 17.6. The van der Waals surface area contributed by atoms with E-state index in [0.29, 0.717) is 12.3 Å². The Balaban J connectivity index is 1.84. The van der Waals surface area contributed by atoms with Crippen LogP contribution in [0.25, 0.3) is 11.0 Å². The molecule has 0 unspecified atom stereocenters. The molecule has 0 N–H and O–H groups in total. The van der Waals surface area contributed by atoms with Crippen molar-refractivity contribution in [3.05, 3.63) is 23.7 Å². The molecule has 0 saturated carbocycles. The summed E-state index contributed by atoms with van der Waals surface area (Å²) in [4.78, 5) is 29.8. The maximum atomic E-state index is 12.3. The van der Waals surface area contributed by atoms with Gasteiger partial charge in [-0.1, -0.05) is 0 Å². The summed E-state index contributed by atoms with van der Waals surface area (Å²) < 4.78 is 0. The minimum atomic E-state index is -0.121. The molecule has 1 aliphatic rings. The first-order valence-electron chi connectivity index (χ1n) is 8.77. The highest BCUT2D eigenvalue weighted by atomic mass is 16.2. The Kier molecular flexibility index (Phi) is 4.39. The van der Waals surface area contributed by atoms with Gasteiger partial charge in [-0.05, 0) is 46.2 Å². The highest BCUT2D eigenvalue weighted by Gasteiger charge is 2.36. The van der Waals surface area contributed by atoms with Crippen LogP contribution in [0.1, 0.15) is 38.4 Å². The second kappa shape index (κ2) is 6.24. The van der Waals surface area contributed by atoms with Crippen LogP contribution in [0.15, 0.2) is 12.4 Å². The normalized spacial score (nSPS) is 18.2. The van der Waals surface area contributed by atoms with E-state index in [-0.39, 0.29) is 11.4 Å². The fraction of sp³-hybridized carbons (Fsp3) is 0.579. The number of hydrogen-bond donors (Lipinski definition) is 0. The van der Waals surface area contributed by atoms with E-state index in [0.717, 1.165) is 41.2 Å². The Hall–Kier alpha value is -2.24. The summed E-state index contributed by atoms with van der Waals surface area (Å²) in [5.41, 5.74) is 2.70. The van der Waals surface area contributed by atoms with Gasteiger partial charge < -0.3 is 9.80 Å². The second-order valence-corrected chi connectivity index (χ2v) is 8.10. The molecule has 1 fully saturated rings. The molecule has 1 atom stereocenters. The molecule has 6 heteroatoms. The van der Waals surface area contributed by atoms with Gasteiger partial charge in [-0.15, -0.1) is 0 Å². The number of rotatable bonds is 3. The van der Waals surface area contributed by atoms with Crippen LogP contribution in [0.4, 0.5) is 5.82 Å². The van der Waals surface area contributed by atoms with Crippen LogP contribution in [0.5, 0.6) is 0 Å². The third-order valence-electron chi connectivity index (χ3n) is 4.82. The van der Waals surface area contributed by atoms with E-state index in [1.54, 1.807) is 6.33 Å². The Morgan fingerprint density at radius 3 is 2.64 bits per heavy atom. The van der Waals surface area contributed by atoms with Gasteiger partial charge in [0.05, 0.1) is 5.39 Å². The molecule has 3 rings (SSSR count). The van der Waals surface area contributed by atoms with Crippen LogP contribution in [0, 0.1) is 19.8 Å². The molecule has 0 aromatic carbocycles. The second-order valence-electron chi connectivity index (χ2n) is 8.10. The van der Waals surface area contributed by atoms with Crippen molar-refractivity contribution < 1.29 is 4.79 Å². The lowest BCUT2D eigenvalue weighted by atomic mass is 10.1. The number of carbonyl (C=O) groups excluding carboxylic acids is 1. The van der Waals surface area contributed by atoms with E-state index in [9.17, 15) is 4.79 Å². The molecule has 0 aliphatic carbocycles. The number of anilines is 1. The third-order valence-corrected chi connectivity index (χ3v) is 4.82. The average molecular weight is 341 g/mol. The SMILES string of the molecule is Cc1cc(C)c2c(N(C)C[C@H]3CC(=O)N(C(C)(C)C)C3)ncnc2n1. The standard InChI is InChI=1S/C19H27N5O/c1-12-7-13(2)22-17-16(12)18(21-11-20-17)23(6)9-14-8-15(25)24(10-14)19(3,4)5/h7,11,14H,8-10H2,1-6H3/t14-/m1/s1. The van der Waals surface area contributed by atoms with Gasteiger partial charge in [-0.25, -0.2) is 15.0 Å². The van der Waals surface area contributed by atoms with Gasteiger partial charge in [-0.3, -0.25) is 4.79 Å². The van der Waals surface area contributed by atoms with Crippen LogP contribution in [0.2, 0.25) is 0 Å². The van der Waals surface area contributed by atoms with Crippen molar-refractivity contribution in [3.63, 3.8) is 0 Å². The Morgan fingerprint density at radius 2 is 2.00 bits per heavy atom. The zero-order valence-electron chi connectivity index (χ0n) is 16.0. The minimum absolute atomic E-state index is 0.121. The fourth-order valence-corrected chi connectivity index (χ4v) is 3.70. The van der Waals surface area contributed by atoms with Gasteiger partial charge in [-0.2, -0.15) is 0 Å². The topological polar surface area (TPSA) is 62.2 Å². The lowest BCUT2D eigenvalue weighted by Gasteiger charge is -2.32. The summed E-state index contributed by atoms with van der Waals surface area (Å²) in [5, 5.41) is 0.993. The quantitative estimate of drug-likeness (QED) is 0.859. The molecule has 1 amide bonds. The zero-order valence-corrected chi connectivity index (χ0v) is 16.0. The lowest BCUT2D eigenvalue weighted by molar-refractivity contribution is -0.131. The van der Waals surface area contributed by atoms with E-state index in [1.165, 1.54) is 0 Å². The van der Waals surface area contributed by atoms with E-state index in [1.807, 2.05) is 18.9 Å². The predicted octanol–water partition coefficient (Wildman–Crippen LogP) is 2.72. The van der Waals surface area contributed by atoms with Crippen LogP contribution in [0.3, 0.4) is 0 Å². The number of fused-ring (bicyclic) bond motifs is 1. The number of likely N-dealkylation sites (tertiary alicyclic amines) is 1. The number of aryl methyl sites for hydroxylation is 2. The Morgan fingerprint density at radius 1 is 1.28 bits per heavy atom. The van der Waals surface area contributed by atoms with E-state index in [2.05, 4.69) is 53.6 Å². The molecule has 2 aromatic heterocycles. The van der Waals surface area contributed by atoms with Crippen molar-refractivity contribution >= 4 is 22.8 Å². The molecular weight excluding hydrogens is 314 g/mol. The van der Waals surface area contributed by atoms with Crippen molar-refractivity contribution in [1.82, 2.24) is 19.9 Å². The van der Waals surface area contributed by atoms with E-state index < -0.39 is 0 Å². The van der Waals surface area contributed by atoms with Crippen molar-refractivity contribution in [1.29, 1.82) is 0 Å². The van der Waals surface area contributed by atoms with Crippen LogP contribution < -0.4 is 4.90 Å². The smallest absolute Gasteiger partial charge is 0.223 e. The fourth-order valence-electron chi connectivity index (χ4n) is 3.70. The van der Waals surface area contributed by atoms with Gasteiger partial charge in [0, 0.05) is 43.7 Å². The Bertz CT molecular complexity index is 811. The third kappa shape index (κ3) is 3.43. The first-order valence-corrected chi connectivity index (χ1v) is 8.77. The van der Waals surface area contributed by atoms with Crippen molar-refractivity contribution in [2.45, 2.75) is 46.6 Å². The predicted molar refractivity (Wildman–Crippen MR) is 99.7 cm³/mol. The summed E-state index contributed by atoms with van der Waals surface area (Å²) >= 11 is 0. The van der Waals surface area contributed by atoms with Crippen LogP contribution in [-0.2, 0) is 4.79 Å². The summed E-state index contributed by atoms with van der Waals surface area (Å²) in [7, 11) is 2.03. The molecule has 1 aliphatic heterocycles. The molecule has 25 heavy (non-hydrogen) atoms. The first-order chi connectivity index (χ1) is 11.7. The maximum Gasteiger partial charge on any atom is 0.223 e. The Labute approximate surface area is 149 Å². The van der Waals surface area contributed by atoms with E-state index >= 15 is 0 Å². The lowest BCUT2D eigenvalue weighted by Crippen LogP contribution is -2.42. The highest BCUT2D eigenvalue weighted by molar-refractivity contribution is 5.90. The molecular formula is C19H27N5O.